The highest BCUT2D eigenvalue weighted by Crippen LogP contribution is 2.26. The molecule has 1 aliphatic carbocycles. The van der Waals surface area contributed by atoms with Gasteiger partial charge in [-0.05, 0) is 50.3 Å². The second-order valence-corrected chi connectivity index (χ2v) is 9.16. The van der Waals surface area contributed by atoms with Crippen molar-refractivity contribution in [2.45, 2.75) is 61.7 Å². The number of carbonyl (C=O) groups excluding carboxylic acids is 1. The number of carbonyl (C=O) groups is 1. The number of nitrogens with one attached hydrogen (secondary N) is 2. The third-order valence-corrected chi connectivity index (χ3v) is 6.94. The fraction of sp³-hybridized carbons (Fsp3) is 0.632. The van der Waals surface area contributed by atoms with E-state index in [4.69, 9.17) is 4.74 Å². The van der Waals surface area contributed by atoms with Crippen LogP contribution in [-0.2, 0) is 19.6 Å². The van der Waals surface area contributed by atoms with Gasteiger partial charge in [0.25, 0.3) is 0 Å². The van der Waals surface area contributed by atoms with Crippen LogP contribution in [0.4, 0.5) is 4.39 Å². The van der Waals surface area contributed by atoms with Gasteiger partial charge in [-0.1, -0.05) is 12.5 Å². The number of ether oxygens (including phenoxy) is 1. The van der Waals surface area contributed by atoms with E-state index in [1.54, 1.807) is 0 Å². The SMILES string of the molecule is O=C(NCC[C@@H]1CC[C@@H](NS(=O)(=O)c2cccc(F)c2)[C@@H](CO)O1)C1CCC1. The highest BCUT2D eigenvalue weighted by Gasteiger charge is 2.34. The van der Waals surface area contributed by atoms with E-state index < -0.39 is 28.0 Å². The van der Waals surface area contributed by atoms with Gasteiger partial charge in [-0.3, -0.25) is 4.79 Å². The van der Waals surface area contributed by atoms with Gasteiger partial charge < -0.3 is 15.2 Å². The molecule has 0 bridgehead atoms. The number of aliphatic hydroxyl groups is 1. The standard InChI is InChI=1S/C19H27FN2O5S/c20-14-5-2-6-16(11-14)28(25,26)22-17-8-7-15(27-18(17)12-23)9-10-21-19(24)13-3-1-4-13/h2,5-6,11,13,15,17-18,22-23H,1,3-4,7-10,12H2,(H,21,24)/t15-,17+,18+/m0/s1. The Morgan fingerprint density at radius 2 is 2.04 bits per heavy atom. The second-order valence-electron chi connectivity index (χ2n) is 7.45. The minimum atomic E-state index is -3.92. The van der Waals surface area contributed by atoms with E-state index in [2.05, 4.69) is 10.0 Å². The molecule has 1 saturated carbocycles. The maximum absolute atomic E-state index is 13.3. The van der Waals surface area contributed by atoms with Gasteiger partial charge in [-0.25, -0.2) is 17.5 Å². The van der Waals surface area contributed by atoms with Crippen LogP contribution in [0.1, 0.15) is 38.5 Å². The quantitative estimate of drug-likeness (QED) is 0.595. The first kappa shape index (κ1) is 21.2. The van der Waals surface area contributed by atoms with Gasteiger partial charge >= 0.3 is 0 Å². The predicted octanol–water partition coefficient (Wildman–Crippen LogP) is 1.32. The Labute approximate surface area is 164 Å². The molecule has 1 amide bonds. The summed E-state index contributed by atoms with van der Waals surface area (Å²) in [6.45, 7) is 0.166. The minimum absolute atomic E-state index is 0.0847. The van der Waals surface area contributed by atoms with Crippen molar-refractivity contribution in [2.75, 3.05) is 13.2 Å². The van der Waals surface area contributed by atoms with Crippen LogP contribution in [-0.4, -0.2) is 50.8 Å². The average molecular weight is 414 g/mol. The van der Waals surface area contributed by atoms with Gasteiger partial charge in [-0.2, -0.15) is 0 Å². The van der Waals surface area contributed by atoms with Crippen molar-refractivity contribution < 1.29 is 27.4 Å². The molecule has 2 fully saturated rings. The highest BCUT2D eigenvalue weighted by molar-refractivity contribution is 7.89. The highest BCUT2D eigenvalue weighted by atomic mass is 32.2. The summed E-state index contributed by atoms with van der Waals surface area (Å²) in [4.78, 5) is 11.7. The lowest BCUT2D eigenvalue weighted by molar-refractivity contribution is -0.127. The van der Waals surface area contributed by atoms with Crippen LogP contribution in [0.5, 0.6) is 0 Å². The molecular weight excluding hydrogens is 387 g/mol. The van der Waals surface area contributed by atoms with Crippen molar-refractivity contribution >= 4 is 15.9 Å². The van der Waals surface area contributed by atoms with Crippen LogP contribution in [0.3, 0.4) is 0 Å². The third kappa shape index (κ3) is 5.28. The van der Waals surface area contributed by atoms with E-state index in [-0.39, 0.29) is 29.4 Å². The summed E-state index contributed by atoms with van der Waals surface area (Å²) in [5.41, 5.74) is 0. The second kappa shape index (κ2) is 9.30. The van der Waals surface area contributed by atoms with Gasteiger partial charge in [0, 0.05) is 12.5 Å². The number of aliphatic hydroxyl groups excluding tert-OH is 1. The molecule has 0 aromatic heterocycles. The smallest absolute Gasteiger partial charge is 0.241 e. The molecular formula is C19H27FN2O5S. The summed E-state index contributed by atoms with van der Waals surface area (Å²) >= 11 is 0. The lowest BCUT2D eigenvalue weighted by atomic mass is 9.85. The summed E-state index contributed by atoms with van der Waals surface area (Å²) < 4.78 is 46.6. The zero-order valence-corrected chi connectivity index (χ0v) is 16.5. The van der Waals surface area contributed by atoms with Crippen molar-refractivity contribution in [3.8, 4) is 0 Å². The minimum Gasteiger partial charge on any atom is -0.394 e. The molecule has 0 radical (unpaired) electrons. The molecule has 3 rings (SSSR count). The zero-order valence-electron chi connectivity index (χ0n) is 15.6. The van der Waals surface area contributed by atoms with E-state index in [1.165, 1.54) is 18.2 Å². The lowest BCUT2D eigenvalue weighted by Gasteiger charge is -2.36. The van der Waals surface area contributed by atoms with Crippen LogP contribution in [0, 0.1) is 11.7 Å². The first-order chi connectivity index (χ1) is 13.4. The summed E-state index contributed by atoms with van der Waals surface area (Å²) in [6.07, 6.45) is 3.86. The number of benzene rings is 1. The van der Waals surface area contributed by atoms with E-state index in [9.17, 15) is 22.7 Å². The van der Waals surface area contributed by atoms with Gasteiger partial charge in [0.05, 0.1) is 29.8 Å². The van der Waals surface area contributed by atoms with Crippen LogP contribution in [0.2, 0.25) is 0 Å². The van der Waals surface area contributed by atoms with Crippen LogP contribution < -0.4 is 10.0 Å². The number of hydrogen-bond acceptors (Lipinski definition) is 5. The molecule has 7 nitrogen and oxygen atoms in total. The number of sulfonamides is 1. The van der Waals surface area contributed by atoms with Crippen molar-refractivity contribution in [3.63, 3.8) is 0 Å². The number of amides is 1. The first-order valence-corrected chi connectivity index (χ1v) is 11.2. The largest absolute Gasteiger partial charge is 0.394 e. The van der Waals surface area contributed by atoms with E-state index in [0.717, 1.165) is 25.3 Å². The van der Waals surface area contributed by atoms with Crippen molar-refractivity contribution in [3.05, 3.63) is 30.1 Å². The maximum atomic E-state index is 13.3. The Morgan fingerprint density at radius 3 is 2.68 bits per heavy atom. The lowest BCUT2D eigenvalue weighted by Crippen LogP contribution is -2.51. The van der Waals surface area contributed by atoms with E-state index in [1.807, 2.05) is 0 Å². The molecule has 1 aromatic rings. The Morgan fingerprint density at radius 1 is 1.25 bits per heavy atom. The van der Waals surface area contributed by atoms with E-state index >= 15 is 0 Å². The summed E-state index contributed by atoms with van der Waals surface area (Å²) in [6, 6.07) is 4.18. The summed E-state index contributed by atoms with van der Waals surface area (Å²) in [5, 5.41) is 12.5. The predicted molar refractivity (Wildman–Crippen MR) is 100 cm³/mol. The fourth-order valence-corrected chi connectivity index (χ4v) is 4.88. The van der Waals surface area contributed by atoms with Crippen LogP contribution in [0.15, 0.2) is 29.2 Å². The molecule has 1 aromatic carbocycles. The molecule has 9 heteroatoms. The molecule has 1 heterocycles. The van der Waals surface area contributed by atoms with Gasteiger partial charge in [0.15, 0.2) is 0 Å². The summed E-state index contributed by atoms with van der Waals surface area (Å²) in [7, 11) is -3.92. The van der Waals surface area contributed by atoms with Crippen molar-refractivity contribution in [1.82, 2.24) is 10.0 Å². The number of hydrogen-bond donors (Lipinski definition) is 3. The van der Waals surface area contributed by atoms with Crippen molar-refractivity contribution in [1.29, 1.82) is 0 Å². The summed E-state index contributed by atoms with van der Waals surface area (Å²) in [5.74, 6) is -0.411. The van der Waals surface area contributed by atoms with Gasteiger partial charge in [0.1, 0.15) is 5.82 Å². The molecule has 2 aliphatic rings. The molecule has 0 unspecified atom stereocenters. The Hall–Kier alpha value is -1.55. The maximum Gasteiger partial charge on any atom is 0.241 e. The van der Waals surface area contributed by atoms with Crippen LogP contribution >= 0.6 is 0 Å². The third-order valence-electron chi connectivity index (χ3n) is 5.45. The Kier molecular flexibility index (Phi) is 7.03. The van der Waals surface area contributed by atoms with Crippen LogP contribution in [0.25, 0.3) is 0 Å². The van der Waals surface area contributed by atoms with Gasteiger partial charge in [-0.15, -0.1) is 0 Å². The Bertz CT molecular complexity index is 784. The normalized spacial score (nSPS) is 25.9. The monoisotopic (exact) mass is 414 g/mol. The number of halogens is 1. The van der Waals surface area contributed by atoms with Crippen molar-refractivity contribution in [2.24, 2.45) is 5.92 Å². The molecule has 1 saturated heterocycles. The molecule has 156 valence electrons. The zero-order chi connectivity index (χ0) is 20.1. The van der Waals surface area contributed by atoms with Gasteiger partial charge in [0.2, 0.25) is 15.9 Å². The number of rotatable bonds is 8. The molecule has 0 spiro atoms. The molecule has 28 heavy (non-hydrogen) atoms. The molecule has 3 atom stereocenters. The van der Waals surface area contributed by atoms with E-state index in [0.29, 0.717) is 25.8 Å². The fourth-order valence-electron chi connectivity index (χ4n) is 3.55. The Balaban J connectivity index is 1.50. The average Bonchev–Trinajstić information content (AvgIpc) is 2.61. The topological polar surface area (TPSA) is 105 Å². The first-order valence-electron chi connectivity index (χ1n) is 9.71. The molecule has 1 aliphatic heterocycles. The molecule has 3 N–H and O–H groups in total.